The van der Waals surface area contributed by atoms with Gasteiger partial charge in [-0.05, 0) is 18.6 Å². The lowest BCUT2D eigenvalue weighted by Crippen LogP contribution is -2.29. The monoisotopic (exact) mass is 266 g/mol. The summed E-state index contributed by atoms with van der Waals surface area (Å²) in [7, 11) is 0. The van der Waals surface area contributed by atoms with Crippen molar-refractivity contribution >= 4 is 23.3 Å². The quantitative estimate of drug-likeness (QED) is 0.863. The van der Waals surface area contributed by atoms with Crippen LogP contribution in [0.2, 0.25) is 0 Å². The summed E-state index contributed by atoms with van der Waals surface area (Å²) in [5.74, 6) is -2.41. The number of benzene rings is 1. The van der Waals surface area contributed by atoms with Crippen LogP contribution in [0.25, 0.3) is 0 Å². The summed E-state index contributed by atoms with van der Waals surface area (Å²) >= 11 is 0. The molecule has 2 rings (SSSR count). The Morgan fingerprint density at radius 1 is 1.53 bits per heavy atom. The fraction of sp³-hybridized carbons (Fsp3) is 0.250. The molecule has 0 saturated carbocycles. The summed E-state index contributed by atoms with van der Waals surface area (Å²) in [6, 6.07) is 4.58. The van der Waals surface area contributed by atoms with E-state index < -0.39 is 23.8 Å². The SMILES string of the molecule is Cc1cccc(NC(=O)C2CC(C(=O)O)=NO2)c1F. The zero-order valence-corrected chi connectivity index (χ0v) is 10.0. The Morgan fingerprint density at radius 3 is 2.89 bits per heavy atom. The van der Waals surface area contributed by atoms with E-state index in [2.05, 4.69) is 10.5 Å². The van der Waals surface area contributed by atoms with E-state index in [4.69, 9.17) is 9.94 Å². The molecule has 2 N–H and O–H groups in total. The average Bonchev–Trinajstić information content (AvgIpc) is 2.84. The van der Waals surface area contributed by atoms with Gasteiger partial charge in [0, 0.05) is 6.42 Å². The van der Waals surface area contributed by atoms with Gasteiger partial charge in [0.15, 0.2) is 5.71 Å². The molecule has 100 valence electrons. The van der Waals surface area contributed by atoms with E-state index in [-0.39, 0.29) is 17.8 Å². The standard InChI is InChI=1S/C12H11FN2O4/c1-6-3-2-4-7(10(6)13)14-11(16)9-5-8(12(17)18)15-19-9/h2-4,9H,5H2,1H3,(H,14,16)(H,17,18). The predicted molar refractivity (Wildman–Crippen MR) is 64.3 cm³/mol. The van der Waals surface area contributed by atoms with Crippen molar-refractivity contribution in [2.75, 3.05) is 5.32 Å². The number of carboxylic acids is 1. The molecule has 0 spiro atoms. The van der Waals surface area contributed by atoms with E-state index in [1.165, 1.54) is 6.07 Å². The zero-order valence-electron chi connectivity index (χ0n) is 10.0. The highest BCUT2D eigenvalue weighted by atomic mass is 19.1. The van der Waals surface area contributed by atoms with Crippen molar-refractivity contribution in [1.29, 1.82) is 0 Å². The minimum Gasteiger partial charge on any atom is -0.477 e. The largest absolute Gasteiger partial charge is 0.477 e. The van der Waals surface area contributed by atoms with Crippen LogP contribution in [0, 0.1) is 12.7 Å². The molecule has 1 amide bonds. The normalized spacial score (nSPS) is 17.6. The molecule has 0 aromatic heterocycles. The molecule has 6 nitrogen and oxygen atoms in total. The summed E-state index contributed by atoms with van der Waals surface area (Å²) in [6.07, 6.45) is -1.19. The Kier molecular flexibility index (Phi) is 3.46. The number of rotatable bonds is 3. The zero-order chi connectivity index (χ0) is 14.0. The molecular weight excluding hydrogens is 255 g/mol. The van der Waals surface area contributed by atoms with Gasteiger partial charge in [-0.2, -0.15) is 0 Å². The summed E-state index contributed by atoms with van der Waals surface area (Å²) in [4.78, 5) is 27.1. The molecule has 0 radical (unpaired) electrons. The Bertz CT molecular complexity index is 571. The third-order valence-electron chi connectivity index (χ3n) is 2.66. The third kappa shape index (κ3) is 2.70. The van der Waals surface area contributed by atoms with Crippen molar-refractivity contribution in [3.63, 3.8) is 0 Å². The molecule has 0 bridgehead atoms. The highest BCUT2D eigenvalue weighted by Gasteiger charge is 2.31. The van der Waals surface area contributed by atoms with E-state index in [0.29, 0.717) is 5.56 Å². The van der Waals surface area contributed by atoms with E-state index in [0.717, 1.165) is 0 Å². The molecule has 1 heterocycles. The second kappa shape index (κ2) is 5.05. The third-order valence-corrected chi connectivity index (χ3v) is 2.66. The van der Waals surface area contributed by atoms with Gasteiger partial charge >= 0.3 is 5.97 Å². The van der Waals surface area contributed by atoms with Crippen LogP contribution in [-0.4, -0.2) is 28.8 Å². The predicted octanol–water partition coefficient (Wildman–Crippen LogP) is 1.30. The number of anilines is 1. The molecule has 7 heteroatoms. The van der Waals surface area contributed by atoms with E-state index >= 15 is 0 Å². The maximum atomic E-state index is 13.7. The molecule has 1 aromatic rings. The molecule has 1 aliphatic heterocycles. The first-order chi connectivity index (χ1) is 8.99. The van der Waals surface area contributed by atoms with Gasteiger partial charge in [-0.15, -0.1) is 0 Å². The number of nitrogens with zero attached hydrogens (tertiary/aromatic N) is 1. The van der Waals surface area contributed by atoms with E-state index in [1.54, 1.807) is 19.1 Å². The number of halogens is 1. The number of carbonyl (C=O) groups is 2. The van der Waals surface area contributed by atoms with Gasteiger partial charge < -0.3 is 15.3 Å². The van der Waals surface area contributed by atoms with Crippen LogP contribution >= 0.6 is 0 Å². The molecule has 1 aliphatic rings. The van der Waals surface area contributed by atoms with Crippen molar-refractivity contribution in [2.45, 2.75) is 19.4 Å². The first-order valence-electron chi connectivity index (χ1n) is 5.51. The highest BCUT2D eigenvalue weighted by Crippen LogP contribution is 2.19. The molecular formula is C12H11FN2O4. The van der Waals surface area contributed by atoms with Crippen molar-refractivity contribution < 1.29 is 23.9 Å². The van der Waals surface area contributed by atoms with Gasteiger partial charge in [-0.1, -0.05) is 17.3 Å². The Morgan fingerprint density at radius 2 is 2.26 bits per heavy atom. The lowest BCUT2D eigenvalue weighted by Gasteiger charge is -2.10. The van der Waals surface area contributed by atoms with Crippen molar-refractivity contribution in [3.05, 3.63) is 29.6 Å². The first-order valence-corrected chi connectivity index (χ1v) is 5.51. The number of oxime groups is 1. The fourth-order valence-corrected chi connectivity index (χ4v) is 1.60. The number of carbonyl (C=O) groups excluding carboxylic acids is 1. The van der Waals surface area contributed by atoms with Gasteiger partial charge in [0.1, 0.15) is 5.82 Å². The average molecular weight is 266 g/mol. The molecule has 0 fully saturated rings. The van der Waals surface area contributed by atoms with E-state index in [1.807, 2.05) is 0 Å². The lowest BCUT2D eigenvalue weighted by molar-refractivity contribution is -0.129. The van der Waals surface area contributed by atoms with Crippen molar-refractivity contribution in [3.8, 4) is 0 Å². The minimum absolute atomic E-state index is 0.0253. The number of amides is 1. The molecule has 1 atom stereocenters. The Labute approximate surface area is 107 Å². The summed E-state index contributed by atoms with van der Waals surface area (Å²) in [5.41, 5.74) is 0.190. The topological polar surface area (TPSA) is 88.0 Å². The van der Waals surface area contributed by atoms with Crippen molar-refractivity contribution in [2.24, 2.45) is 5.16 Å². The molecule has 0 saturated heterocycles. The minimum atomic E-state index is -1.24. The summed E-state index contributed by atoms with van der Waals surface area (Å²) in [6.45, 7) is 1.57. The smallest absolute Gasteiger partial charge is 0.353 e. The highest BCUT2D eigenvalue weighted by molar-refractivity contribution is 6.36. The van der Waals surface area contributed by atoms with Crippen molar-refractivity contribution in [1.82, 2.24) is 0 Å². The lowest BCUT2D eigenvalue weighted by atomic mass is 10.1. The van der Waals surface area contributed by atoms with Gasteiger partial charge in [0.2, 0.25) is 6.10 Å². The van der Waals surface area contributed by atoms with Gasteiger partial charge in [-0.25, -0.2) is 9.18 Å². The number of aliphatic carboxylic acids is 1. The summed E-state index contributed by atoms with van der Waals surface area (Å²) in [5, 5.41) is 14.3. The van der Waals surface area contributed by atoms with Gasteiger partial charge in [0.25, 0.3) is 5.91 Å². The Balaban J connectivity index is 2.03. The Hall–Kier alpha value is -2.44. The van der Waals surface area contributed by atoms with Crippen LogP contribution < -0.4 is 5.32 Å². The van der Waals surface area contributed by atoms with E-state index in [9.17, 15) is 14.0 Å². The number of hydrogen-bond acceptors (Lipinski definition) is 4. The van der Waals surface area contributed by atoms with Crippen LogP contribution in [0.4, 0.5) is 10.1 Å². The van der Waals surface area contributed by atoms with Crippen LogP contribution in [0.3, 0.4) is 0 Å². The molecule has 1 unspecified atom stereocenters. The van der Waals surface area contributed by atoms with Crippen LogP contribution in [-0.2, 0) is 14.4 Å². The molecule has 0 aliphatic carbocycles. The number of nitrogens with one attached hydrogen (secondary N) is 1. The maximum absolute atomic E-state index is 13.7. The van der Waals surface area contributed by atoms with Crippen LogP contribution in [0.15, 0.2) is 23.4 Å². The maximum Gasteiger partial charge on any atom is 0.353 e. The number of hydrogen-bond donors (Lipinski definition) is 2. The van der Waals surface area contributed by atoms with Gasteiger partial charge in [-0.3, -0.25) is 4.79 Å². The fourth-order valence-electron chi connectivity index (χ4n) is 1.60. The number of aryl methyl sites for hydroxylation is 1. The van der Waals surface area contributed by atoms with Crippen LogP contribution in [0.1, 0.15) is 12.0 Å². The first kappa shape index (κ1) is 13.0. The molecule has 1 aromatic carbocycles. The second-order valence-corrected chi connectivity index (χ2v) is 4.07. The van der Waals surface area contributed by atoms with Crippen LogP contribution in [0.5, 0.6) is 0 Å². The second-order valence-electron chi connectivity index (χ2n) is 4.07. The molecule has 19 heavy (non-hydrogen) atoms. The number of carboxylic acid groups (broad SMARTS) is 1. The van der Waals surface area contributed by atoms with Gasteiger partial charge in [0.05, 0.1) is 5.69 Å². The summed E-state index contributed by atoms with van der Waals surface area (Å²) < 4.78 is 13.7.